The van der Waals surface area contributed by atoms with Crippen LogP contribution in [-0.4, -0.2) is 33.2 Å². The zero-order valence-corrected chi connectivity index (χ0v) is 12.9. The van der Waals surface area contributed by atoms with Crippen LogP contribution in [-0.2, 0) is 14.8 Å². The molecular weight excluding hydrogens is 290 g/mol. The molecular formula is C14H21N3O3S. The lowest BCUT2D eigenvalue weighted by Gasteiger charge is -2.17. The number of sulfonamides is 1. The quantitative estimate of drug-likeness (QED) is 0.787. The van der Waals surface area contributed by atoms with E-state index in [0.717, 1.165) is 38.5 Å². The molecule has 21 heavy (non-hydrogen) atoms. The van der Waals surface area contributed by atoms with Gasteiger partial charge in [0.25, 0.3) is 0 Å². The van der Waals surface area contributed by atoms with Gasteiger partial charge in [0.05, 0.1) is 23.7 Å². The van der Waals surface area contributed by atoms with Gasteiger partial charge < -0.3 is 10.6 Å². The second kappa shape index (κ2) is 6.91. The molecule has 116 valence electrons. The van der Waals surface area contributed by atoms with Gasteiger partial charge in [0.15, 0.2) is 0 Å². The van der Waals surface area contributed by atoms with Crippen LogP contribution in [0.2, 0.25) is 0 Å². The molecule has 1 aliphatic heterocycles. The highest BCUT2D eigenvalue weighted by molar-refractivity contribution is 7.92. The monoisotopic (exact) mass is 311 g/mol. The van der Waals surface area contributed by atoms with Crippen LogP contribution in [0.3, 0.4) is 0 Å². The van der Waals surface area contributed by atoms with Gasteiger partial charge >= 0.3 is 0 Å². The SMILES string of the molecule is CS(=O)(=O)Nc1ccccc1NC(=O)C1CCCCCN1. The van der Waals surface area contributed by atoms with Gasteiger partial charge in [0.2, 0.25) is 15.9 Å². The summed E-state index contributed by atoms with van der Waals surface area (Å²) in [5, 5.41) is 6.02. The Labute approximate surface area is 125 Å². The van der Waals surface area contributed by atoms with E-state index >= 15 is 0 Å². The molecule has 1 fully saturated rings. The fourth-order valence-corrected chi connectivity index (χ4v) is 2.93. The lowest BCUT2D eigenvalue weighted by molar-refractivity contribution is -0.118. The van der Waals surface area contributed by atoms with Crippen LogP contribution in [0.4, 0.5) is 11.4 Å². The molecule has 1 heterocycles. The summed E-state index contributed by atoms with van der Waals surface area (Å²) in [7, 11) is -3.38. The highest BCUT2D eigenvalue weighted by atomic mass is 32.2. The Morgan fingerprint density at radius 3 is 2.62 bits per heavy atom. The third kappa shape index (κ3) is 5.02. The minimum atomic E-state index is -3.38. The fraction of sp³-hybridized carbons (Fsp3) is 0.500. The molecule has 0 bridgehead atoms. The van der Waals surface area contributed by atoms with Crippen LogP contribution in [0.15, 0.2) is 24.3 Å². The molecule has 1 unspecified atom stereocenters. The Bertz CT molecular complexity index is 593. The van der Waals surface area contributed by atoms with Crippen LogP contribution in [0.25, 0.3) is 0 Å². The van der Waals surface area contributed by atoms with Crippen molar-refractivity contribution in [1.29, 1.82) is 0 Å². The molecule has 3 N–H and O–H groups in total. The third-order valence-corrected chi connectivity index (χ3v) is 3.95. The lowest BCUT2D eigenvalue weighted by Crippen LogP contribution is -2.40. The summed E-state index contributed by atoms with van der Waals surface area (Å²) in [5.74, 6) is -0.125. The van der Waals surface area contributed by atoms with E-state index in [-0.39, 0.29) is 11.9 Å². The number of anilines is 2. The standard InChI is InChI=1S/C14H21N3O3S/c1-21(19,20)17-12-8-5-4-7-11(12)16-14(18)13-9-3-2-6-10-15-13/h4-5,7-8,13,15,17H,2-3,6,9-10H2,1H3,(H,16,18). The first-order chi connectivity index (χ1) is 9.96. The van der Waals surface area contributed by atoms with Gasteiger partial charge in [-0.1, -0.05) is 25.0 Å². The minimum Gasteiger partial charge on any atom is -0.323 e. The molecule has 1 amide bonds. The maximum Gasteiger partial charge on any atom is 0.241 e. The summed E-state index contributed by atoms with van der Waals surface area (Å²) in [6, 6.07) is 6.55. The molecule has 1 saturated heterocycles. The summed E-state index contributed by atoms with van der Waals surface area (Å²) in [6.45, 7) is 0.835. The normalized spacial score (nSPS) is 19.6. The molecule has 1 atom stereocenters. The zero-order chi connectivity index (χ0) is 15.3. The van der Waals surface area contributed by atoms with Crippen LogP contribution < -0.4 is 15.4 Å². The first-order valence-corrected chi connectivity index (χ1v) is 8.96. The van der Waals surface area contributed by atoms with Crippen LogP contribution >= 0.6 is 0 Å². The van der Waals surface area contributed by atoms with E-state index in [1.54, 1.807) is 24.3 Å². The number of para-hydroxylation sites is 2. The van der Waals surface area contributed by atoms with E-state index < -0.39 is 10.0 Å². The van der Waals surface area contributed by atoms with Crippen molar-refractivity contribution in [2.45, 2.75) is 31.7 Å². The van der Waals surface area contributed by atoms with Crippen LogP contribution in [0.1, 0.15) is 25.7 Å². The van der Waals surface area contributed by atoms with E-state index in [2.05, 4.69) is 15.4 Å². The highest BCUT2D eigenvalue weighted by Crippen LogP contribution is 2.22. The lowest BCUT2D eigenvalue weighted by atomic mass is 10.1. The molecule has 0 aliphatic carbocycles. The molecule has 0 saturated carbocycles. The van der Waals surface area contributed by atoms with E-state index in [9.17, 15) is 13.2 Å². The number of rotatable bonds is 4. The van der Waals surface area contributed by atoms with Gasteiger partial charge in [-0.2, -0.15) is 0 Å². The largest absolute Gasteiger partial charge is 0.323 e. The molecule has 0 spiro atoms. The molecule has 2 rings (SSSR count). The van der Waals surface area contributed by atoms with E-state index in [1.807, 2.05) is 0 Å². The van der Waals surface area contributed by atoms with Crippen molar-refractivity contribution in [2.75, 3.05) is 22.8 Å². The van der Waals surface area contributed by atoms with E-state index in [1.165, 1.54) is 0 Å². The van der Waals surface area contributed by atoms with Gasteiger partial charge in [-0.15, -0.1) is 0 Å². The predicted octanol–water partition coefficient (Wildman–Crippen LogP) is 1.53. The first-order valence-electron chi connectivity index (χ1n) is 7.07. The van der Waals surface area contributed by atoms with E-state index in [4.69, 9.17) is 0 Å². The molecule has 1 aliphatic rings. The number of carbonyl (C=O) groups excluding carboxylic acids is 1. The van der Waals surface area contributed by atoms with Crippen molar-refractivity contribution in [2.24, 2.45) is 0 Å². The smallest absolute Gasteiger partial charge is 0.241 e. The zero-order valence-electron chi connectivity index (χ0n) is 12.1. The molecule has 7 heteroatoms. The van der Waals surface area contributed by atoms with Gasteiger partial charge in [0.1, 0.15) is 0 Å². The molecule has 0 aromatic heterocycles. The first kappa shape index (κ1) is 15.8. The van der Waals surface area contributed by atoms with Gasteiger partial charge in [-0.25, -0.2) is 8.42 Å². The summed E-state index contributed by atoms with van der Waals surface area (Å²) < 4.78 is 25.1. The number of amides is 1. The predicted molar refractivity (Wildman–Crippen MR) is 83.8 cm³/mol. The Morgan fingerprint density at radius 2 is 1.90 bits per heavy atom. The van der Waals surface area contributed by atoms with Gasteiger partial charge in [-0.3, -0.25) is 9.52 Å². The summed E-state index contributed by atoms with van der Waals surface area (Å²) in [4.78, 5) is 12.3. The van der Waals surface area contributed by atoms with Gasteiger partial charge in [-0.05, 0) is 31.5 Å². The van der Waals surface area contributed by atoms with Crippen molar-refractivity contribution >= 4 is 27.3 Å². The summed E-state index contributed by atoms with van der Waals surface area (Å²) in [6.07, 6.45) is 5.11. The van der Waals surface area contributed by atoms with Crippen molar-refractivity contribution in [3.05, 3.63) is 24.3 Å². The molecule has 0 radical (unpaired) electrons. The Balaban J connectivity index is 2.09. The second-order valence-corrected chi connectivity index (χ2v) is 7.01. The number of nitrogens with one attached hydrogen (secondary N) is 3. The third-order valence-electron chi connectivity index (χ3n) is 3.36. The van der Waals surface area contributed by atoms with Crippen LogP contribution in [0.5, 0.6) is 0 Å². The Kier molecular flexibility index (Phi) is 5.19. The molecule has 1 aromatic rings. The van der Waals surface area contributed by atoms with Gasteiger partial charge in [0, 0.05) is 0 Å². The molecule has 6 nitrogen and oxygen atoms in total. The fourth-order valence-electron chi connectivity index (χ4n) is 2.35. The van der Waals surface area contributed by atoms with Crippen molar-refractivity contribution < 1.29 is 13.2 Å². The van der Waals surface area contributed by atoms with Crippen molar-refractivity contribution in [3.63, 3.8) is 0 Å². The Morgan fingerprint density at radius 1 is 1.19 bits per heavy atom. The Hall–Kier alpha value is -1.60. The summed E-state index contributed by atoms with van der Waals surface area (Å²) in [5.41, 5.74) is 0.848. The maximum atomic E-state index is 12.3. The minimum absolute atomic E-state index is 0.125. The number of hydrogen-bond acceptors (Lipinski definition) is 4. The topological polar surface area (TPSA) is 87.3 Å². The second-order valence-electron chi connectivity index (χ2n) is 5.27. The average molecular weight is 311 g/mol. The maximum absolute atomic E-state index is 12.3. The average Bonchev–Trinajstić information content (AvgIpc) is 2.68. The van der Waals surface area contributed by atoms with Crippen molar-refractivity contribution in [3.8, 4) is 0 Å². The number of hydrogen-bond donors (Lipinski definition) is 3. The van der Waals surface area contributed by atoms with Crippen LogP contribution in [0, 0.1) is 0 Å². The number of carbonyl (C=O) groups is 1. The summed E-state index contributed by atoms with van der Waals surface area (Å²) >= 11 is 0. The van der Waals surface area contributed by atoms with E-state index in [0.29, 0.717) is 11.4 Å². The van der Waals surface area contributed by atoms with Crippen molar-refractivity contribution in [1.82, 2.24) is 5.32 Å². The molecule has 1 aromatic carbocycles. The number of benzene rings is 1. The highest BCUT2D eigenvalue weighted by Gasteiger charge is 2.20.